The summed E-state index contributed by atoms with van der Waals surface area (Å²) < 4.78 is 10.6. The van der Waals surface area contributed by atoms with Crippen molar-refractivity contribution in [2.45, 2.75) is 25.9 Å². The number of hydrogen-bond acceptors (Lipinski definition) is 3. The van der Waals surface area contributed by atoms with E-state index in [1.165, 1.54) is 0 Å². The molecule has 0 aliphatic heterocycles. The van der Waals surface area contributed by atoms with Gasteiger partial charge >= 0.3 is 0 Å². The molecule has 0 unspecified atom stereocenters. The zero-order valence-corrected chi connectivity index (χ0v) is 9.82. The topological polar surface area (TPSA) is 38.7 Å². The Morgan fingerprint density at radius 2 is 1.81 bits per heavy atom. The molecule has 0 bridgehead atoms. The predicted molar refractivity (Wildman–Crippen MR) is 63.6 cm³/mol. The first-order valence-electron chi connectivity index (χ1n) is 5.69. The summed E-state index contributed by atoms with van der Waals surface area (Å²) in [7, 11) is 1.72. The summed E-state index contributed by atoms with van der Waals surface area (Å²) >= 11 is 0. The van der Waals surface area contributed by atoms with E-state index in [1.54, 1.807) is 7.11 Å². The summed E-state index contributed by atoms with van der Waals surface area (Å²) in [4.78, 5) is 0. The van der Waals surface area contributed by atoms with Crippen molar-refractivity contribution in [3.8, 4) is 5.75 Å². The average Bonchev–Trinajstić information content (AvgIpc) is 2.34. The number of aliphatic hydroxyl groups excluding tert-OH is 1. The van der Waals surface area contributed by atoms with Crippen molar-refractivity contribution in [1.82, 2.24) is 0 Å². The van der Waals surface area contributed by atoms with E-state index in [2.05, 4.69) is 0 Å². The van der Waals surface area contributed by atoms with E-state index in [4.69, 9.17) is 14.6 Å². The van der Waals surface area contributed by atoms with E-state index in [-0.39, 0.29) is 6.61 Å². The minimum Gasteiger partial charge on any atom is -0.493 e. The van der Waals surface area contributed by atoms with Gasteiger partial charge in [0.05, 0.1) is 13.2 Å². The molecule has 90 valence electrons. The first-order chi connectivity index (χ1) is 7.88. The van der Waals surface area contributed by atoms with Crippen molar-refractivity contribution < 1.29 is 14.6 Å². The quantitative estimate of drug-likeness (QED) is 0.689. The normalized spacial score (nSPS) is 10.4. The lowest BCUT2D eigenvalue weighted by Crippen LogP contribution is -2.01. The third-order valence-electron chi connectivity index (χ3n) is 2.39. The van der Waals surface area contributed by atoms with Crippen LogP contribution in [0.2, 0.25) is 0 Å². The van der Waals surface area contributed by atoms with Crippen LogP contribution >= 0.6 is 0 Å². The van der Waals surface area contributed by atoms with Crippen molar-refractivity contribution in [1.29, 1.82) is 0 Å². The van der Waals surface area contributed by atoms with Gasteiger partial charge in [0.2, 0.25) is 0 Å². The molecule has 1 N–H and O–H groups in total. The van der Waals surface area contributed by atoms with Crippen molar-refractivity contribution in [3.63, 3.8) is 0 Å². The second-order valence-electron chi connectivity index (χ2n) is 3.67. The Morgan fingerprint density at radius 1 is 1.06 bits per heavy atom. The van der Waals surface area contributed by atoms with E-state index in [0.29, 0.717) is 6.61 Å². The number of methoxy groups -OCH3 is 1. The maximum absolute atomic E-state index is 9.09. The van der Waals surface area contributed by atoms with Gasteiger partial charge in [-0.3, -0.25) is 0 Å². The van der Waals surface area contributed by atoms with E-state index in [9.17, 15) is 0 Å². The van der Waals surface area contributed by atoms with Crippen LogP contribution in [0.3, 0.4) is 0 Å². The number of para-hydroxylation sites is 1. The summed E-state index contributed by atoms with van der Waals surface area (Å²) in [5, 5.41) is 9.09. The van der Waals surface area contributed by atoms with Gasteiger partial charge in [0, 0.05) is 19.3 Å². The third kappa shape index (κ3) is 4.64. The molecular weight excluding hydrogens is 204 g/mol. The fourth-order valence-corrected chi connectivity index (χ4v) is 1.48. The molecule has 0 heterocycles. The predicted octanol–water partition coefficient (Wildman–Crippen LogP) is 2.37. The molecule has 0 aliphatic rings. The van der Waals surface area contributed by atoms with Crippen molar-refractivity contribution in [2.24, 2.45) is 0 Å². The van der Waals surface area contributed by atoms with Crippen LogP contribution in [0.25, 0.3) is 0 Å². The minimum atomic E-state index is 0.0276. The lowest BCUT2D eigenvalue weighted by atomic mass is 10.2. The number of unbranched alkanes of at least 4 members (excludes halogenated alkanes) is 2. The number of rotatable bonds is 8. The summed E-state index contributed by atoms with van der Waals surface area (Å²) in [5.74, 6) is 0.789. The molecule has 0 saturated carbocycles. The SMILES string of the molecule is COCCCCCOc1ccccc1CO. The number of benzene rings is 1. The first kappa shape index (κ1) is 13.0. The monoisotopic (exact) mass is 224 g/mol. The highest BCUT2D eigenvalue weighted by Gasteiger charge is 2.00. The zero-order chi connectivity index (χ0) is 11.6. The molecule has 0 saturated heterocycles. The molecule has 3 nitrogen and oxygen atoms in total. The molecule has 0 fully saturated rings. The fourth-order valence-electron chi connectivity index (χ4n) is 1.48. The third-order valence-corrected chi connectivity index (χ3v) is 2.39. The number of hydrogen-bond donors (Lipinski definition) is 1. The molecule has 0 aromatic heterocycles. The second kappa shape index (κ2) is 8.13. The number of aliphatic hydroxyl groups is 1. The molecule has 1 aromatic carbocycles. The highest BCUT2D eigenvalue weighted by Crippen LogP contribution is 2.17. The summed E-state index contributed by atoms with van der Waals surface area (Å²) in [6.45, 7) is 1.54. The highest BCUT2D eigenvalue weighted by atomic mass is 16.5. The average molecular weight is 224 g/mol. The van der Waals surface area contributed by atoms with Crippen LogP contribution in [-0.2, 0) is 11.3 Å². The molecule has 0 atom stereocenters. The van der Waals surface area contributed by atoms with Crippen LogP contribution in [0.5, 0.6) is 5.75 Å². The standard InChI is InChI=1S/C13H20O3/c1-15-9-5-2-6-10-16-13-8-4-3-7-12(13)11-14/h3-4,7-8,14H,2,5-6,9-11H2,1H3. The van der Waals surface area contributed by atoms with Gasteiger partial charge in [-0.1, -0.05) is 18.2 Å². The van der Waals surface area contributed by atoms with E-state index in [1.807, 2.05) is 24.3 Å². The summed E-state index contributed by atoms with van der Waals surface area (Å²) in [6.07, 6.45) is 3.19. The Labute approximate surface area is 97.0 Å². The number of ether oxygens (including phenoxy) is 2. The van der Waals surface area contributed by atoms with Gasteiger partial charge in [0.1, 0.15) is 5.75 Å². The van der Waals surface area contributed by atoms with E-state index < -0.39 is 0 Å². The van der Waals surface area contributed by atoms with Crippen LogP contribution in [0.1, 0.15) is 24.8 Å². The smallest absolute Gasteiger partial charge is 0.124 e. The highest BCUT2D eigenvalue weighted by molar-refractivity contribution is 5.32. The van der Waals surface area contributed by atoms with Gasteiger partial charge in [-0.2, -0.15) is 0 Å². The van der Waals surface area contributed by atoms with Gasteiger partial charge in [-0.25, -0.2) is 0 Å². The molecule has 0 aliphatic carbocycles. The van der Waals surface area contributed by atoms with E-state index in [0.717, 1.165) is 37.2 Å². The molecule has 0 spiro atoms. The molecule has 16 heavy (non-hydrogen) atoms. The summed E-state index contributed by atoms with van der Waals surface area (Å²) in [5.41, 5.74) is 0.847. The second-order valence-corrected chi connectivity index (χ2v) is 3.67. The van der Waals surface area contributed by atoms with Crippen LogP contribution in [0.15, 0.2) is 24.3 Å². The van der Waals surface area contributed by atoms with Crippen LogP contribution in [0.4, 0.5) is 0 Å². The molecule has 1 rings (SSSR count). The Balaban J connectivity index is 2.21. The maximum Gasteiger partial charge on any atom is 0.124 e. The van der Waals surface area contributed by atoms with Crippen LogP contribution < -0.4 is 4.74 Å². The maximum atomic E-state index is 9.09. The molecule has 0 radical (unpaired) electrons. The Hall–Kier alpha value is -1.06. The minimum absolute atomic E-state index is 0.0276. The molecule has 0 amide bonds. The van der Waals surface area contributed by atoms with Crippen molar-refractivity contribution >= 4 is 0 Å². The fraction of sp³-hybridized carbons (Fsp3) is 0.538. The Morgan fingerprint density at radius 3 is 2.56 bits per heavy atom. The Kier molecular flexibility index (Phi) is 6.61. The summed E-state index contributed by atoms with van der Waals surface area (Å²) in [6, 6.07) is 7.58. The molecular formula is C13H20O3. The van der Waals surface area contributed by atoms with Crippen LogP contribution in [-0.4, -0.2) is 25.4 Å². The van der Waals surface area contributed by atoms with E-state index >= 15 is 0 Å². The van der Waals surface area contributed by atoms with Gasteiger partial charge in [0.25, 0.3) is 0 Å². The Bertz CT molecular complexity index is 286. The van der Waals surface area contributed by atoms with Crippen LogP contribution in [0, 0.1) is 0 Å². The lowest BCUT2D eigenvalue weighted by Gasteiger charge is -2.09. The van der Waals surface area contributed by atoms with Gasteiger partial charge in [-0.15, -0.1) is 0 Å². The van der Waals surface area contributed by atoms with Crippen molar-refractivity contribution in [3.05, 3.63) is 29.8 Å². The van der Waals surface area contributed by atoms with Gasteiger partial charge < -0.3 is 14.6 Å². The lowest BCUT2D eigenvalue weighted by molar-refractivity contribution is 0.189. The largest absolute Gasteiger partial charge is 0.493 e. The first-order valence-corrected chi connectivity index (χ1v) is 5.69. The zero-order valence-electron chi connectivity index (χ0n) is 9.82. The molecule has 1 aromatic rings. The van der Waals surface area contributed by atoms with Gasteiger partial charge in [-0.05, 0) is 25.3 Å². The molecule has 3 heteroatoms. The van der Waals surface area contributed by atoms with Gasteiger partial charge in [0.15, 0.2) is 0 Å². The van der Waals surface area contributed by atoms with Crippen molar-refractivity contribution in [2.75, 3.05) is 20.3 Å².